The summed E-state index contributed by atoms with van der Waals surface area (Å²) >= 11 is 0. The van der Waals surface area contributed by atoms with Crippen LogP contribution in [0, 0.1) is 0 Å². The molecule has 0 atom stereocenters. The highest BCUT2D eigenvalue weighted by Gasteiger charge is 2.01. The predicted molar refractivity (Wildman–Crippen MR) is 51.6 cm³/mol. The van der Waals surface area contributed by atoms with Crippen molar-refractivity contribution in [3.05, 3.63) is 30.3 Å². The molecule has 0 saturated heterocycles. The summed E-state index contributed by atoms with van der Waals surface area (Å²) in [7, 11) is 0. The van der Waals surface area contributed by atoms with Crippen molar-refractivity contribution in [3.8, 4) is 0 Å². The first-order valence-electron chi connectivity index (χ1n) is 4.03. The van der Waals surface area contributed by atoms with E-state index in [-0.39, 0.29) is 6.54 Å². The van der Waals surface area contributed by atoms with Crippen LogP contribution in [0.15, 0.2) is 30.3 Å². The second-order valence-electron chi connectivity index (χ2n) is 2.60. The zero-order valence-electron chi connectivity index (χ0n) is 7.41. The summed E-state index contributed by atoms with van der Waals surface area (Å²) in [6.45, 7) is -0.279. The normalized spacial score (nSPS) is 9.14. The first-order valence-corrected chi connectivity index (χ1v) is 4.03. The molecule has 0 spiro atoms. The monoisotopic (exact) mass is 192 g/mol. The van der Waals surface area contributed by atoms with E-state index >= 15 is 0 Å². The molecule has 0 aliphatic rings. The van der Waals surface area contributed by atoms with Crippen LogP contribution in [0.2, 0.25) is 0 Å². The lowest BCUT2D eigenvalue weighted by atomic mass is 10.3. The van der Waals surface area contributed by atoms with Crippen molar-refractivity contribution < 1.29 is 9.59 Å². The van der Waals surface area contributed by atoms with Crippen LogP contribution in [0.1, 0.15) is 0 Å². The van der Waals surface area contributed by atoms with Gasteiger partial charge in [0.25, 0.3) is 5.91 Å². The minimum Gasteiger partial charge on any atom is -0.329 e. The number of hydrogen-bond acceptors (Lipinski definition) is 2. The summed E-state index contributed by atoms with van der Waals surface area (Å²) in [6, 6.07) is 8.36. The smallest absolute Gasteiger partial charge is 0.319 e. The van der Waals surface area contributed by atoms with Gasteiger partial charge in [0.15, 0.2) is 0 Å². The summed E-state index contributed by atoms with van der Waals surface area (Å²) < 4.78 is 0. The van der Waals surface area contributed by atoms with Gasteiger partial charge in [-0.05, 0) is 12.1 Å². The SMILES string of the molecule is [NH]C(=O)CNC(=O)Nc1ccccc1. The van der Waals surface area contributed by atoms with Crippen LogP contribution in [-0.4, -0.2) is 18.5 Å². The number of carbonyl (C=O) groups is 2. The van der Waals surface area contributed by atoms with Gasteiger partial charge < -0.3 is 10.6 Å². The number of carbonyl (C=O) groups excluding carboxylic acids is 2. The molecule has 5 nitrogen and oxygen atoms in total. The number of urea groups is 1. The number of hydrogen-bond donors (Lipinski definition) is 2. The first kappa shape index (κ1) is 10.0. The lowest BCUT2D eigenvalue weighted by Crippen LogP contribution is -2.33. The molecule has 0 aliphatic heterocycles. The maximum absolute atomic E-state index is 11.1. The molecule has 1 rings (SSSR count). The number of amides is 3. The van der Waals surface area contributed by atoms with Gasteiger partial charge in [-0.1, -0.05) is 18.2 Å². The lowest BCUT2D eigenvalue weighted by Gasteiger charge is -2.04. The minimum atomic E-state index is -0.826. The fraction of sp³-hybridized carbons (Fsp3) is 0.111. The molecule has 0 bridgehead atoms. The van der Waals surface area contributed by atoms with E-state index < -0.39 is 11.9 Å². The summed E-state index contributed by atoms with van der Waals surface area (Å²) in [5.74, 6) is -0.826. The Bertz CT molecular complexity index is 324. The van der Waals surface area contributed by atoms with Crippen molar-refractivity contribution in [2.24, 2.45) is 0 Å². The zero-order valence-corrected chi connectivity index (χ0v) is 7.41. The molecule has 1 radical (unpaired) electrons. The summed E-state index contributed by atoms with van der Waals surface area (Å²) in [5, 5.41) is 4.76. The van der Waals surface area contributed by atoms with Gasteiger partial charge in [0.05, 0.1) is 0 Å². The zero-order chi connectivity index (χ0) is 10.4. The Morgan fingerprint density at radius 2 is 1.86 bits per heavy atom. The Morgan fingerprint density at radius 1 is 1.21 bits per heavy atom. The second-order valence-corrected chi connectivity index (χ2v) is 2.60. The third-order valence-electron chi connectivity index (χ3n) is 1.44. The van der Waals surface area contributed by atoms with Gasteiger partial charge in [-0.2, -0.15) is 0 Å². The van der Waals surface area contributed by atoms with Gasteiger partial charge in [0.2, 0.25) is 0 Å². The highest BCUT2D eigenvalue weighted by Crippen LogP contribution is 2.03. The Balaban J connectivity index is 2.38. The molecular formula is C9H10N3O2. The van der Waals surface area contributed by atoms with Crippen LogP contribution in [0.4, 0.5) is 10.5 Å². The number of rotatable bonds is 3. The molecule has 0 heterocycles. The maximum Gasteiger partial charge on any atom is 0.319 e. The fourth-order valence-corrected chi connectivity index (χ4v) is 0.857. The molecule has 5 heteroatoms. The van der Waals surface area contributed by atoms with Crippen LogP contribution in [0.3, 0.4) is 0 Å². The Kier molecular flexibility index (Phi) is 3.49. The van der Waals surface area contributed by atoms with Gasteiger partial charge in [0, 0.05) is 5.69 Å². The molecule has 0 unspecified atom stereocenters. The third kappa shape index (κ3) is 3.57. The molecule has 0 saturated carbocycles. The van der Waals surface area contributed by atoms with E-state index in [2.05, 4.69) is 10.6 Å². The molecule has 14 heavy (non-hydrogen) atoms. The molecule has 0 aromatic heterocycles. The molecule has 73 valence electrons. The summed E-state index contributed by atoms with van der Waals surface area (Å²) in [5.41, 5.74) is 7.21. The summed E-state index contributed by atoms with van der Waals surface area (Å²) in [6.07, 6.45) is 0. The molecule has 3 amide bonds. The van der Waals surface area contributed by atoms with Gasteiger partial charge in [-0.3, -0.25) is 10.5 Å². The van der Waals surface area contributed by atoms with Gasteiger partial charge in [-0.25, -0.2) is 4.79 Å². The number of nitrogens with one attached hydrogen (secondary N) is 3. The van der Waals surface area contributed by atoms with Crippen LogP contribution >= 0.6 is 0 Å². The Labute approximate surface area is 81.3 Å². The van der Waals surface area contributed by atoms with E-state index in [0.717, 1.165) is 0 Å². The van der Waals surface area contributed by atoms with Crippen LogP contribution in [-0.2, 0) is 4.79 Å². The second kappa shape index (κ2) is 4.86. The van der Waals surface area contributed by atoms with E-state index in [4.69, 9.17) is 5.73 Å². The highest BCUT2D eigenvalue weighted by atomic mass is 16.2. The largest absolute Gasteiger partial charge is 0.329 e. The van der Waals surface area contributed by atoms with Crippen molar-refractivity contribution in [2.75, 3.05) is 11.9 Å². The van der Waals surface area contributed by atoms with Crippen molar-refractivity contribution in [1.29, 1.82) is 0 Å². The number of anilines is 1. The van der Waals surface area contributed by atoms with E-state index in [1.54, 1.807) is 24.3 Å². The number of benzene rings is 1. The van der Waals surface area contributed by atoms with Gasteiger partial charge in [0.1, 0.15) is 6.54 Å². The first-order chi connectivity index (χ1) is 6.68. The average Bonchev–Trinajstić information content (AvgIpc) is 2.16. The van der Waals surface area contributed by atoms with Crippen LogP contribution < -0.4 is 16.4 Å². The van der Waals surface area contributed by atoms with Crippen molar-refractivity contribution in [2.45, 2.75) is 0 Å². The Morgan fingerprint density at radius 3 is 2.43 bits per heavy atom. The summed E-state index contributed by atoms with van der Waals surface area (Å²) in [4.78, 5) is 21.3. The fourth-order valence-electron chi connectivity index (χ4n) is 0.857. The van der Waals surface area contributed by atoms with Gasteiger partial charge in [-0.15, -0.1) is 0 Å². The predicted octanol–water partition coefficient (Wildman–Crippen LogP) is 0.618. The van der Waals surface area contributed by atoms with E-state index in [1.807, 2.05) is 6.07 Å². The Hall–Kier alpha value is -2.04. The van der Waals surface area contributed by atoms with Gasteiger partial charge >= 0.3 is 6.03 Å². The molecular weight excluding hydrogens is 182 g/mol. The van der Waals surface area contributed by atoms with Crippen molar-refractivity contribution in [3.63, 3.8) is 0 Å². The molecule has 0 fully saturated rings. The molecule has 1 aromatic rings. The quantitative estimate of drug-likeness (QED) is 0.735. The molecule has 1 aromatic carbocycles. The standard InChI is InChI=1S/C9H10N3O2/c10-8(13)6-11-9(14)12-7-4-2-1-3-5-7/h1-5,10H,6H2,(H2,11,12,14). The van der Waals surface area contributed by atoms with Crippen molar-refractivity contribution in [1.82, 2.24) is 11.1 Å². The van der Waals surface area contributed by atoms with E-state index in [9.17, 15) is 9.59 Å². The minimum absolute atomic E-state index is 0.279. The van der Waals surface area contributed by atoms with E-state index in [0.29, 0.717) is 5.69 Å². The highest BCUT2D eigenvalue weighted by molar-refractivity contribution is 5.91. The third-order valence-corrected chi connectivity index (χ3v) is 1.44. The van der Waals surface area contributed by atoms with E-state index in [1.165, 1.54) is 0 Å². The molecule has 3 N–H and O–H groups in total. The topological polar surface area (TPSA) is 82.0 Å². The van der Waals surface area contributed by atoms with Crippen molar-refractivity contribution >= 4 is 17.6 Å². The van der Waals surface area contributed by atoms with Crippen LogP contribution in [0.5, 0.6) is 0 Å². The number of para-hydroxylation sites is 1. The molecule has 0 aliphatic carbocycles. The maximum atomic E-state index is 11.1. The van der Waals surface area contributed by atoms with Crippen LogP contribution in [0.25, 0.3) is 0 Å². The average molecular weight is 192 g/mol. The lowest BCUT2D eigenvalue weighted by molar-refractivity contribution is -0.117.